The van der Waals surface area contributed by atoms with Gasteiger partial charge in [-0.05, 0) is 17.9 Å². The molecule has 4 heteroatoms. The molecular formula is C13H13N3O. The molecule has 2 unspecified atom stereocenters. The van der Waals surface area contributed by atoms with Crippen molar-refractivity contribution < 1.29 is 4.79 Å². The maximum Gasteiger partial charge on any atom is 0.171 e. The standard InChI is InChI=1S/C13H13N3O/c14-13-11(7-15-16-13)12(17)10-6-9(10)8-4-2-1-3-5-8/h1-5,7,9-10H,6H2,(H3,14,15,16). The van der Waals surface area contributed by atoms with E-state index in [0.29, 0.717) is 17.3 Å². The van der Waals surface area contributed by atoms with E-state index in [1.54, 1.807) is 0 Å². The molecule has 0 radical (unpaired) electrons. The molecule has 1 aromatic carbocycles. The predicted molar refractivity (Wildman–Crippen MR) is 64.6 cm³/mol. The van der Waals surface area contributed by atoms with Gasteiger partial charge >= 0.3 is 0 Å². The average molecular weight is 227 g/mol. The van der Waals surface area contributed by atoms with E-state index in [0.717, 1.165) is 6.42 Å². The van der Waals surface area contributed by atoms with Crippen LogP contribution in [0.2, 0.25) is 0 Å². The van der Waals surface area contributed by atoms with Crippen molar-refractivity contribution in [1.82, 2.24) is 10.2 Å². The van der Waals surface area contributed by atoms with Gasteiger partial charge in [-0.3, -0.25) is 9.89 Å². The molecular weight excluding hydrogens is 214 g/mol. The summed E-state index contributed by atoms with van der Waals surface area (Å²) in [6, 6.07) is 10.1. The number of nitrogens with zero attached hydrogens (tertiary/aromatic N) is 1. The van der Waals surface area contributed by atoms with E-state index in [1.165, 1.54) is 11.8 Å². The van der Waals surface area contributed by atoms with Gasteiger partial charge in [0.15, 0.2) is 5.78 Å². The summed E-state index contributed by atoms with van der Waals surface area (Å²) >= 11 is 0. The fraction of sp³-hybridized carbons (Fsp3) is 0.231. The van der Waals surface area contributed by atoms with Crippen LogP contribution in [0, 0.1) is 5.92 Å². The molecule has 1 heterocycles. The van der Waals surface area contributed by atoms with Crippen LogP contribution in [0.5, 0.6) is 0 Å². The van der Waals surface area contributed by atoms with Crippen LogP contribution < -0.4 is 5.73 Å². The van der Waals surface area contributed by atoms with Crippen molar-refractivity contribution in [3.63, 3.8) is 0 Å². The molecule has 3 rings (SSSR count). The smallest absolute Gasteiger partial charge is 0.171 e. The van der Waals surface area contributed by atoms with Gasteiger partial charge in [0.1, 0.15) is 5.82 Å². The van der Waals surface area contributed by atoms with Crippen molar-refractivity contribution in [2.75, 3.05) is 5.73 Å². The predicted octanol–water partition coefficient (Wildman–Crippen LogP) is 1.98. The summed E-state index contributed by atoms with van der Waals surface area (Å²) in [6.07, 6.45) is 2.42. The lowest BCUT2D eigenvalue weighted by atomic mass is 10.0. The Bertz CT molecular complexity index is 547. The third-order valence-corrected chi connectivity index (χ3v) is 3.29. The molecule has 1 aromatic heterocycles. The van der Waals surface area contributed by atoms with E-state index < -0.39 is 0 Å². The molecule has 1 fully saturated rings. The Hall–Kier alpha value is -2.10. The van der Waals surface area contributed by atoms with Gasteiger partial charge in [-0.2, -0.15) is 5.10 Å². The maximum atomic E-state index is 12.1. The molecule has 0 aliphatic heterocycles. The summed E-state index contributed by atoms with van der Waals surface area (Å²) in [5.41, 5.74) is 7.40. The largest absolute Gasteiger partial charge is 0.383 e. The van der Waals surface area contributed by atoms with Gasteiger partial charge < -0.3 is 5.73 Å². The maximum absolute atomic E-state index is 12.1. The zero-order chi connectivity index (χ0) is 11.8. The van der Waals surface area contributed by atoms with Gasteiger partial charge in [0.05, 0.1) is 11.8 Å². The molecule has 3 N–H and O–H groups in total. The highest BCUT2D eigenvalue weighted by atomic mass is 16.1. The van der Waals surface area contributed by atoms with Crippen LogP contribution in [0.1, 0.15) is 28.3 Å². The number of ketones is 1. The van der Waals surface area contributed by atoms with Crippen LogP contribution in [0.15, 0.2) is 36.5 Å². The van der Waals surface area contributed by atoms with Crippen molar-refractivity contribution in [2.45, 2.75) is 12.3 Å². The molecule has 86 valence electrons. The second-order valence-electron chi connectivity index (χ2n) is 4.42. The number of carbonyl (C=O) groups excluding carboxylic acids is 1. The number of benzene rings is 1. The van der Waals surface area contributed by atoms with E-state index in [-0.39, 0.29) is 11.7 Å². The minimum Gasteiger partial charge on any atom is -0.383 e. The first kappa shape index (κ1) is 10.1. The highest BCUT2D eigenvalue weighted by Gasteiger charge is 2.44. The molecule has 0 amide bonds. The molecule has 4 nitrogen and oxygen atoms in total. The van der Waals surface area contributed by atoms with E-state index >= 15 is 0 Å². The SMILES string of the molecule is Nc1[nH]ncc1C(=O)C1CC1c1ccccc1. The molecule has 17 heavy (non-hydrogen) atoms. The summed E-state index contributed by atoms with van der Waals surface area (Å²) in [4.78, 5) is 12.1. The first-order chi connectivity index (χ1) is 8.27. The van der Waals surface area contributed by atoms with E-state index in [9.17, 15) is 4.79 Å². The Morgan fingerprint density at radius 2 is 2.12 bits per heavy atom. The summed E-state index contributed by atoms with van der Waals surface area (Å²) in [6.45, 7) is 0. The number of hydrogen-bond acceptors (Lipinski definition) is 3. The van der Waals surface area contributed by atoms with E-state index in [1.807, 2.05) is 18.2 Å². The van der Waals surface area contributed by atoms with Crippen molar-refractivity contribution in [3.05, 3.63) is 47.7 Å². The third-order valence-electron chi connectivity index (χ3n) is 3.29. The normalized spacial score (nSPS) is 22.4. The van der Waals surface area contributed by atoms with Crippen LogP contribution >= 0.6 is 0 Å². The van der Waals surface area contributed by atoms with Crippen LogP contribution in [-0.4, -0.2) is 16.0 Å². The van der Waals surface area contributed by atoms with Gasteiger partial charge in [-0.1, -0.05) is 30.3 Å². The van der Waals surface area contributed by atoms with Crippen molar-refractivity contribution in [3.8, 4) is 0 Å². The molecule has 1 aliphatic rings. The van der Waals surface area contributed by atoms with Gasteiger partial charge in [0.25, 0.3) is 0 Å². The highest BCUT2D eigenvalue weighted by Crippen LogP contribution is 2.49. The molecule has 2 atom stereocenters. The van der Waals surface area contributed by atoms with Crippen LogP contribution in [-0.2, 0) is 0 Å². The topological polar surface area (TPSA) is 71.8 Å². The number of Topliss-reactive ketones (excluding diaryl/α,β-unsaturated/α-hetero) is 1. The number of H-pyrrole nitrogens is 1. The monoisotopic (exact) mass is 227 g/mol. The lowest BCUT2D eigenvalue weighted by Crippen LogP contribution is -2.05. The second kappa shape index (κ2) is 3.73. The van der Waals surface area contributed by atoms with Crippen molar-refractivity contribution in [2.24, 2.45) is 5.92 Å². The number of aromatic nitrogens is 2. The summed E-state index contributed by atoms with van der Waals surface area (Å²) in [5.74, 6) is 0.883. The number of nitrogens with two attached hydrogens (primary N) is 1. The lowest BCUT2D eigenvalue weighted by molar-refractivity contribution is 0.0966. The summed E-state index contributed by atoms with van der Waals surface area (Å²) in [7, 11) is 0. The van der Waals surface area contributed by atoms with Gasteiger partial charge in [-0.15, -0.1) is 0 Å². The van der Waals surface area contributed by atoms with Gasteiger partial charge in [0, 0.05) is 5.92 Å². The molecule has 2 aromatic rings. The zero-order valence-electron chi connectivity index (χ0n) is 9.26. The fourth-order valence-electron chi connectivity index (χ4n) is 2.25. The lowest BCUT2D eigenvalue weighted by Gasteiger charge is -1.99. The molecule has 0 bridgehead atoms. The number of carbonyl (C=O) groups is 1. The van der Waals surface area contributed by atoms with E-state index in [2.05, 4.69) is 22.3 Å². The Balaban J connectivity index is 1.78. The first-order valence-corrected chi connectivity index (χ1v) is 5.65. The second-order valence-corrected chi connectivity index (χ2v) is 4.42. The molecule has 0 saturated heterocycles. The van der Waals surface area contributed by atoms with Gasteiger partial charge in [-0.25, -0.2) is 0 Å². The molecule has 1 saturated carbocycles. The van der Waals surface area contributed by atoms with Crippen molar-refractivity contribution in [1.29, 1.82) is 0 Å². The van der Waals surface area contributed by atoms with Gasteiger partial charge in [0.2, 0.25) is 0 Å². The number of hydrogen-bond donors (Lipinski definition) is 2. The Morgan fingerprint density at radius 3 is 2.76 bits per heavy atom. The quantitative estimate of drug-likeness (QED) is 0.787. The Kier molecular flexibility index (Phi) is 2.21. The number of rotatable bonds is 3. The first-order valence-electron chi connectivity index (χ1n) is 5.65. The third kappa shape index (κ3) is 1.71. The zero-order valence-corrected chi connectivity index (χ0v) is 9.26. The van der Waals surface area contributed by atoms with Crippen LogP contribution in [0.4, 0.5) is 5.82 Å². The minimum atomic E-state index is 0.0669. The fourth-order valence-corrected chi connectivity index (χ4v) is 2.25. The molecule has 1 aliphatic carbocycles. The number of anilines is 1. The number of nitrogen functional groups attached to an aromatic ring is 1. The Labute approximate surface area is 98.8 Å². The highest BCUT2D eigenvalue weighted by molar-refractivity contribution is 6.03. The summed E-state index contributed by atoms with van der Waals surface area (Å²) in [5, 5.41) is 6.37. The van der Waals surface area contributed by atoms with Crippen LogP contribution in [0.25, 0.3) is 0 Å². The minimum absolute atomic E-state index is 0.0669. The number of aromatic amines is 1. The average Bonchev–Trinajstić information content (AvgIpc) is 3.05. The Morgan fingerprint density at radius 1 is 1.35 bits per heavy atom. The van der Waals surface area contributed by atoms with Crippen LogP contribution in [0.3, 0.4) is 0 Å². The van der Waals surface area contributed by atoms with Crippen molar-refractivity contribution >= 4 is 11.6 Å². The number of nitrogens with one attached hydrogen (secondary N) is 1. The van der Waals surface area contributed by atoms with E-state index in [4.69, 9.17) is 5.73 Å². The summed E-state index contributed by atoms with van der Waals surface area (Å²) < 4.78 is 0. The molecule has 0 spiro atoms.